The van der Waals surface area contributed by atoms with Gasteiger partial charge in [0.25, 0.3) is 0 Å². The number of carbonyl (C=O) groups is 2. The number of rotatable bonds is 8. The predicted molar refractivity (Wildman–Crippen MR) is 116 cm³/mol. The third-order valence-corrected chi connectivity index (χ3v) is 5.98. The molecule has 0 unspecified atom stereocenters. The number of aryl methyl sites for hydroxylation is 1. The zero-order valence-electron chi connectivity index (χ0n) is 15.6. The molecule has 3 N–H and O–H groups in total. The number of aromatic amines is 1. The number of hydrogen-bond donors (Lipinski definition) is 3. The lowest BCUT2D eigenvalue weighted by molar-refractivity contribution is -0.136. The van der Waals surface area contributed by atoms with Crippen LogP contribution in [0.3, 0.4) is 0 Å². The minimum Gasteiger partial charge on any atom is -0.481 e. The van der Waals surface area contributed by atoms with Crippen LogP contribution < -0.4 is 0 Å². The Morgan fingerprint density at radius 2 is 1.64 bits per heavy atom. The van der Waals surface area contributed by atoms with Crippen LogP contribution in [0.15, 0.2) is 59.5 Å². The maximum Gasteiger partial charge on any atom is 0.313 e. The van der Waals surface area contributed by atoms with Gasteiger partial charge in [0, 0.05) is 33.0 Å². The second kappa shape index (κ2) is 11.5. The van der Waals surface area contributed by atoms with Gasteiger partial charge in [0.15, 0.2) is 0 Å². The number of carboxylic acid groups (broad SMARTS) is 2. The highest BCUT2D eigenvalue weighted by atomic mass is 32.2. The second-order valence-corrected chi connectivity index (χ2v) is 8.08. The van der Waals surface area contributed by atoms with Crippen LogP contribution in [-0.2, 0) is 15.3 Å². The summed E-state index contributed by atoms with van der Waals surface area (Å²) in [7, 11) is 0. The molecule has 1 aromatic heterocycles. The molecule has 0 radical (unpaired) electrons. The van der Waals surface area contributed by atoms with Crippen molar-refractivity contribution < 1.29 is 19.8 Å². The first-order valence-corrected chi connectivity index (χ1v) is 10.9. The van der Waals surface area contributed by atoms with E-state index >= 15 is 0 Å². The molecule has 0 bridgehead atoms. The molecule has 28 heavy (non-hydrogen) atoms. The average Bonchev–Trinajstić information content (AvgIpc) is 3.00. The average molecular weight is 418 g/mol. The van der Waals surface area contributed by atoms with Gasteiger partial charge in [-0.15, -0.1) is 11.8 Å². The Labute approximate surface area is 172 Å². The molecule has 1 heterocycles. The molecule has 148 valence electrons. The van der Waals surface area contributed by atoms with E-state index in [0.29, 0.717) is 5.75 Å². The first-order chi connectivity index (χ1) is 13.5. The number of benzene rings is 2. The minimum atomic E-state index is -0.787. The zero-order chi connectivity index (χ0) is 20.4. The summed E-state index contributed by atoms with van der Waals surface area (Å²) in [5.74, 6) is 0.173. The number of fused-ring (bicyclic) bond motifs is 1. The van der Waals surface area contributed by atoms with Crippen LogP contribution >= 0.6 is 23.5 Å². The Bertz CT molecular complexity index is 909. The number of carboxylic acids is 2. The molecular weight excluding hydrogens is 394 g/mol. The molecule has 0 aliphatic carbocycles. The van der Waals surface area contributed by atoms with Gasteiger partial charge in [-0.05, 0) is 18.6 Å². The predicted octanol–water partition coefficient (Wildman–Crippen LogP) is 5.05. The molecule has 3 rings (SSSR count). The summed E-state index contributed by atoms with van der Waals surface area (Å²) in [5, 5.41) is 18.1. The molecule has 0 spiro atoms. The number of para-hydroxylation sites is 1. The lowest BCUT2D eigenvalue weighted by Crippen LogP contribution is -1.97. The molecule has 0 aliphatic heterocycles. The standard InChI is InChI=1S/C11H11NO2S.C10H12O2S/c1-7-11(15-6-10(13)14)8-4-2-3-5-9(8)12-7;11-10(12)6-7-13-8-9-4-2-1-3-5-9/h2-5,12H,6H2,1H3,(H,13,14);1-5H,6-8H2,(H,11,12). The van der Waals surface area contributed by atoms with Crippen LogP contribution in [0, 0.1) is 6.92 Å². The van der Waals surface area contributed by atoms with Gasteiger partial charge in [0.1, 0.15) is 0 Å². The Morgan fingerprint density at radius 1 is 0.964 bits per heavy atom. The largest absolute Gasteiger partial charge is 0.481 e. The number of aliphatic carboxylic acids is 2. The lowest BCUT2D eigenvalue weighted by atomic mass is 10.2. The molecule has 0 atom stereocenters. The second-order valence-electron chi connectivity index (χ2n) is 5.99. The van der Waals surface area contributed by atoms with E-state index in [1.807, 2.05) is 61.5 Å². The first kappa shape index (κ1) is 21.9. The van der Waals surface area contributed by atoms with Gasteiger partial charge in [-0.1, -0.05) is 48.5 Å². The van der Waals surface area contributed by atoms with E-state index in [4.69, 9.17) is 10.2 Å². The van der Waals surface area contributed by atoms with E-state index in [2.05, 4.69) is 4.98 Å². The van der Waals surface area contributed by atoms with Crippen molar-refractivity contribution in [2.45, 2.75) is 24.0 Å². The quantitative estimate of drug-likeness (QED) is 0.351. The maximum absolute atomic E-state index is 10.5. The van der Waals surface area contributed by atoms with Crippen molar-refractivity contribution in [2.75, 3.05) is 11.5 Å². The molecule has 0 amide bonds. The highest BCUT2D eigenvalue weighted by Crippen LogP contribution is 2.30. The molecular formula is C21H23NO4S2. The third-order valence-electron chi connectivity index (χ3n) is 3.75. The number of thioether (sulfide) groups is 2. The minimum absolute atomic E-state index is 0.0999. The summed E-state index contributed by atoms with van der Waals surface area (Å²) in [6.07, 6.45) is 0.248. The summed E-state index contributed by atoms with van der Waals surface area (Å²) >= 11 is 3.01. The SMILES string of the molecule is Cc1[nH]c2ccccc2c1SCC(=O)O.O=C(O)CCSCc1ccccc1. The fourth-order valence-corrected chi connectivity index (χ4v) is 4.25. The topological polar surface area (TPSA) is 90.4 Å². The van der Waals surface area contributed by atoms with Crippen molar-refractivity contribution >= 4 is 46.4 Å². The number of aromatic nitrogens is 1. The van der Waals surface area contributed by atoms with Gasteiger partial charge in [0.2, 0.25) is 0 Å². The van der Waals surface area contributed by atoms with Crippen LogP contribution in [0.2, 0.25) is 0 Å². The van der Waals surface area contributed by atoms with Crippen molar-refractivity contribution in [3.63, 3.8) is 0 Å². The Morgan fingerprint density at radius 3 is 2.32 bits per heavy atom. The van der Waals surface area contributed by atoms with Crippen LogP contribution in [0.4, 0.5) is 0 Å². The highest BCUT2D eigenvalue weighted by Gasteiger charge is 2.09. The smallest absolute Gasteiger partial charge is 0.313 e. The van der Waals surface area contributed by atoms with Gasteiger partial charge in [0.05, 0.1) is 12.2 Å². The fraction of sp³-hybridized carbons (Fsp3) is 0.238. The van der Waals surface area contributed by atoms with Gasteiger partial charge in [-0.2, -0.15) is 11.8 Å². The van der Waals surface area contributed by atoms with E-state index in [-0.39, 0.29) is 12.2 Å². The van der Waals surface area contributed by atoms with E-state index < -0.39 is 11.9 Å². The monoisotopic (exact) mass is 417 g/mol. The summed E-state index contributed by atoms with van der Waals surface area (Å²) in [6, 6.07) is 18.0. The van der Waals surface area contributed by atoms with E-state index in [1.54, 1.807) is 11.8 Å². The Kier molecular flexibility index (Phi) is 8.97. The van der Waals surface area contributed by atoms with Gasteiger partial charge < -0.3 is 15.2 Å². The number of hydrogen-bond acceptors (Lipinski definition) is 4. The zero-order valence-corrected chi connectivity index (χ0v) is 17.2. The summed E-state index contributed by atoms with van der Waals surface area (Å²) in [5.41, 5.74) is 3.34. The van der Waals surface area contributed by atoms with Crippen LogP contribution in [0.25, 0.3) is 10.9 Å². The Hall–Kier alpha value is -2.38. The normalized spacial score (nSPS) is 10.3. The van der Waals surface area contributed by atoms with E-state index in [0.717, 1.165) is 27.2 Å². The van der Waals surface area contributed by atoms with Crippen molar-refractivity contribution in [1.82, 2.24) is 4.98 Å². The molecule has 0 saturated heterocycles. The first-order valence-electron chi connectivity index (χ1n) is 8.72. The Balaban J connectivity index is 0.000000203. The van der Waals surface area contributed by atoms with Gasteiger partial charge in [-0.3, -0.25) is 9.59 Å². The van der Waals surface area contributed by atoms with E-state index in [9.17, 15) is 9.59 Å². The van der Waals surface area contributed by atoms with Crippen LogP contribution in [0.1, 0.15) is 17.7 Å². The third kappa shape index (κ3) is 7.32. The van der Waals surface area contributed by atoms with Gasteiger partial charge in [-0.25, -0.2) is 0 Å². The molecule has 0 aliphatic rings. The van der Waals surface area contributed by atoms with Crippen molar-refractivity contribution in [1.29, 1.82) is 0 Å². The van der Waals surface area contributed by atoms with Crippen molar-refractivity contribution in [2.24, 2.45) is 0 Å². The molecule has 7 heteroatoms. The molecule has 0 fully saturated rings. The van der Waals surface area contributed by atoms with Crippen molar-refractivity contribution in [3.05, 3.63) is 65.9 Å². The number of H-pyrrole nitrogens is 1. The molecule has 0 saturated carbocycles. The number of nitrogens with one attached hydrogen (secondary N) is 1. The lowest BCUT2D eigenvalue weighted by Gasteiger charge is -1.99. The van der Waals surface area contributed by atoms with Crippen LogP contribution in [-0.4, -0.2) is 38.6 Å². The van der Waals surface area contributed by atoms with Crippen LogP contribution in [0.5, 0.6) is 0 Å². The summed E-state index contributed by atoms with van der Waals surface area (Å²) in [6.45, 7) is 1.96. The van der Waals surface area contributed by atoms with Crippen molar-refractivity contribution in [3.8, 4) is 0 Å². The van der Waals surface area contributed by atoms with E-state index in [1.165, 1.54) is 17.3 Å². The maximum atomic E-state index is 10.5. The highest BCUT2D eigenvalue weighted by molar-refractivity contribution is 8.00. The summed E-state index contributed by atoms with van der Waals surface area (Å²) in [4.78, 5) is 25.0. The van der Waals surface area contributed by atoms with Gasteiger partial charge >= 0.3 is 11.9 Å². The fourth-order valence-electron chi connectivity index (χ4n) is 2.49. The molecule has 3 aromatic rings. The molecule has 5 nitrogen and oxygen atoms in total. The molecule has 2 aromatic carbocycles. The summed E-state index contributed by atoms with van der Waals surface area (Å²) < 4.78 is 0.